The fourth-order valence-electron chi connectivity index (χ4n) is 2.25. The summed E-state index contributed by atoms with van der Waals surface area (Å²) < 4.78 is 5.50. The summed E-state index contributed by atoms with van der Waals surface area (Å²) in [4.78, 5) is 18.7. The molecule has 1 aliphatic heterocycles. The molecule has 0 aliphatic carbocycles. The van der Waals surface area contributed by atoms with Crippen LogP contribution in [0.5, 0.6) is 0 Å². The zero-order valence-corrected chi connectivity index (χ0v) is 12.9. The lowest BCUT2D eigenvalue weighted by Gasteiger charge is -2.35. The Morgan fingerprint density at radius 3 is 2.79 bits per heavy atom. The van der Waals surface area contributed by atoms with E-state index in [-0.39, 0.29) is 12.1 Å². The van der Waals surface area contributed by atoms with Gasteiger partial charge in [0.25, 0.3) is 0 Å². The molecule has 0 saturated carbocycles. The number of hydrogen-bond acceptors (Lipinski definition) is 4. The zero-order valence-electron chi connectivity index (χ0n) is 12.1. The number of rotatable bonds is 1. The summed E-state index contributed by atoms with van der Waals surface area (Å²) in [5.41, 5.74) is 0.576. The second kappa shape index (κ2) is 5.49. The van der Waals surface area contributed by atoms with Crippen molar-refractivity contribution in [3.8, 4) is 0 Å². The van der Waals surface area contributed by atoms with Gasteiger partial charge >= 0.3 is 6.09 Å². The third-order valence-electron chi connectivity index (χ3n) is 3.05. The van der Waals surface area contributed by atoms with Gasteiger partial charge in [-0.1, -0.05) is 0 Å². The van der Waals surface area contributed by atoms with E-state index < -0.39 is 5.60 Å². The first kappa shape index (κ1) is 14.3. The number of piperidine rings is 1. The Morgan fingerprint density at radius 2 is 2.21 bits per heavy atom. The second-order valence-corrected chi connectivity index (χ2v) is 6.90. The van der Waals surface area contributed by atoms with Gasteiger partial charge in [0.1, 0.15) is 10.6 Å². The molecule has 1 amide bonds. The van der Waals surface area contributed by atoms with Crippen molar-refractivity contribution in [3.05, 3.63) is 16.1 Å². The van der Waals surface area contributed by atoms with Crippen LogP contribution in [0.1, 0.15) is 56.8 Å². The summed E-state index contributed by atoms with van der Waals surface area (Å²) in [6.45, 7) is 8.45. The van der Waals surface area contributed by atoms with E-state index in [4.69, 9.17) is 4.74 Å². The van der Waals surface area contributed by atoms with Gasteiger partial charge in [-0.3, -0.25) is 4.90 Å². The molecule has 2 heterocycles. The minimum absolute atomic E-state index is 0.0855. The third kappa shape index (κ3) is 3.69. The number of aromatic nitrogens is 1. The number of ether oxygens (including phenoxy) is 1. The first-order chi connectivity index (χ1) is 8.87. The van der Waals surface area contributed by atoms with Crippen LogP contribution in [0.4, 0.5) is 4.79 Å². The summed E-state index contributed by atoms with van der Waals surface area (Å²) in [6.07, 6.45) is 2.94. The quantitative estimate of drug-likeness (QED) is 0.784. The normalized spacial score (nSPS) is 20.4. The first-order valence-electron chi connectivity index (χ1n) is 6.78. The average Bonchev–Trinajstić information content (AvgIpc) is 2.73. The maximum absolute atomic E-state index is 12.3. The topological polar surface area (TPSA) is 42.4 Å². The Balaban J connectivity index is 2.14. The molecule has 4 nitrogen and oxygen atoms in total. The van der Waals surface area contributed by atoms with Crippen molar-refractivity contribution >= 4 is 17.4 Å². The molecule has 1 aliphatic rings. The summed E-state index contributed by atoms with van der Waals surface area (Å²) >= 11 is 1.63. The summed E-state index contributed by atoms with van der Waals surface area (Å²) in [7, 11) is 0. The molecule has 1 atom stereocenters. The lowest BCUT2D eigenvalue weighted by molar-refractivity contribution is 0.00947. The van der Waals surface area contributed by atoms with Crippen LogP contribution >= 0.6 is 11.3 Å². The van der Waals surface area contributed by atoms with Crippen LogP contribution in [0, 0.1) is 6.92 Å². The molecular formula is C14H22N2O2S. The molecule has 0 unspecified atom stereocenters. The third-order valence-corrected chi connectivity index (χ3v) is 4.12. The van der Waals surface area contributed by atoms with Crippen molar-refractivity contribution in [1.82, 2.24) is 9.88 Å². The highest BCUT2D eigenvalue weighted by molar-refractivity contribution is 7.09. The highest BCUT2D eigenvalue weighted by Gasteiger charge is 2.32. The van der Waals surface area contributed by atoms with Gasteiger partial charge in [0.15, 0.2) is 0 Å². The van der Waals surface area contributed by atoms with Gasteiger partial charge in [-0.2, -0.15) is 0 Å². The largest absolute Gasteiger partial charge is 0.444 e. The molecule has 0 radical (unpaired) electrons. The molecule has 0 aromatic carbocycles. The van der Waals surface area contributed by atoms with E-state index in [0.29, 0.717) is 0 Å². The summed E-state index contributed by atoms with van der Waals surface area (Å²) in [5.74, 6) is 0. The molecule has 0 bridgehead atoms. The number of nitrogens with zero attached hydrogens (tertiary/aromatic N) is 2. The number of carbonyl (C=O) groups excluding carboxylic acids is 1. The van der Waals surface area contributed by atoms with Crippen LogP contribution in [-0.2, 0) is 4.74 Å². The molecule has 1 saturated heterocycles. The van der Waals surface area contributed by atoms with Crippen LogP contribution in [0.25, 0.3) is 0 Å². The Kier molecular flexibility index (Phi) is 4.13. The number of amides is 1. The maximum Gasteiger partial charge on any atom is 0.410 e. The van der Waals surface area contributed by atoms with Gasteiger partial charge in [-0.05, 0) is 47.0 Å². The molecule has 19 heavy (non-hydrogen) atoms. The lowest BCUT2D eigenvalue weighted by Crippen LogP contribution is -2.41. The van der Waals surface area contributed by atoms with E-state index in [1.807, 2.05) is 38.0 Å². The molecule has 5 heteroatoms. The lowest BCUT2D eigenvalue weighted by atomic mass is 10.0. The molecule has 1 aromatic rings. The highest BCUT2D eigenvalue weighted by atomic mass is 32.1. The van der Waals surface area contributed by atoms with E-state index in [1.54, 1.807) is 11.3 Å². The van der Waals surface area contributed by atoms with E-state index in [9.17, 15) is 4.79 Å². The zero-order chi connectivity index (χ0) is 14.0. The first-order valence-corrected chi connectivity index (χ1v) is 7.66. The highest BCUT2D eigenvalue weighted by Crippen LogP contribution is 2.33. The molecule has 0 N–H and O–H groups in total. The van der Waals surface area contributed by atoms with Crippen molar-refractivity contribution in [1.29, 1.82) is 0 Å². The molecular weight excluding hydrogens is 260 g/mol. The van der Waals surface area contributed by atoms with Gasteiger partial charge in [-0.15, -0.1) is 11.3 Å². The fourth-order valence-corrected chi connectivity index (χ4v) is 3.20. The van der Waals surface area contributed by atoms with E-state index in [2.05, 4.69) is 4.98 Å². The maximum atomic E-state index is 12.3. The van der Waals surface area contributed by atoms with E-state index >= 15 is 0 Å². The number of hydrogen-bond donors (Lipinski definition) is 0. The molecule has 106 valence electrons. The van der Waals surface area contributed by atoms with E-state index in [0.717, 1.165) is 36.5 Å². The van der Waals surface area contributed by atoms with Crippen LogP contribution in [-0.4, -0.2) is 28.1 Å². The van der Waals surface area contributed by atoms with Crippen LogP contribution in [0.3, 0.4) is 0 Å². The SMILES string of the molecule is Cc1csc([C@H]2CCCCN2C(=O)OC(C)(C)C)n1. The van der Waals surface area contributed by atoms with Gasteiger partial charge in [0, 0.05) is 17.6 Å². The molecule has 2 rings (SSSR count). The van der Waals surface area contributed by atoms with Crippen molar-refractivity contribution in [3.63, 3.8) is 0 Å². The average molecular weight is 282 g/mol. The summed E-state index contributed by atoms with van der Waals surface area (Å²) in [6, 6.07) is 0.0855. The monoisotopic (exact) mass is 282 g/mol. The number of aryl methyl sites for hydroxylation is 1. The van der Waals surface area contributed by atoms with Crippen molar-refractivity contribution in [2.75, 3.05) is 6.54 Å². The predicted molar refractivity (Wildman–Crippen MR) is 76.4 cm³/mol. The fraction of sp³-hybridized carbons (Fsp3) is 0.714. The Bertz CT molecular complexity index is 451. The number of thiazole rings is 1. The minimum atomic E-state index is -0.447. The summed E-state index contributed by atoms with van der Waals surface area (Å²) in [5, 5.41) is 3.07. The Morgan fingerprint density at radius 1 is 1.47 bits per heavy atom. The predicted octanol–water partition coefficient (Wildman–Crippen LogP) is 3.91. The van der Waals surface area contributed by atoms with Crippen LogP contribution < -0.4 is 0 Å². The van der Waals surface area contributed by atoms with Crippen LogP contribution in [0.15, 0.2) is 5.38 Å². The second-order valence-electron chi connectivity index (χ2n) is 6.01. The Hall–Kier alpha value is -1.10. The van der Waals surface area contributed by atoms with Gasteiger partial charge in [0.05, 0.1) is 6.04 Å². The number of likely N-dealkylation sites (tertiary alicyclic amines) is 1. The standard InChI is InChI=1S/C14H22N2O2S/c1-10-9-19-12(15-10)11-7-5-6-8-16(11)13(17)18-14(2,3)4/h9,11H,5-8H2,1-4H3/t11-/m1/s1. The van der Waals surface area contributed by atoms with Gasteiger partial charge in [-0.25, -0.2) is 9.78 Å². The number of carbonyl (C=O) groups is 1. The Labute approximate surface area is 118 Å². The molecule has 0 spiro atoms. The molecule has 1 fully saturated rings. The van der Waals surface area contributed by atoms with Crippen LogP contribution in [0.2, 0.25) is 0 Å². The van der Waals surface area contributed by atoms with E-state index in [1.165, 1.54) is 0 Å². The smallest absolute Gasteiger partial charge is 0.410 e. The van der Waals surface area contributed by atoms with Gasteiger partial charge < -0.3 is 4.74 Å². The van der Waals surface area contributed by atoms with Crippen molar-refractivity contribution < 1.29 is 9.53 Å². The van der Waals surface area contributed by atoms with Gasteiger partial charge in [0.2, 0.25) is 0 Å². The van der Waals surface area contributed by atoms with Crippen molar-refractivity contribution in [2.24, 2.45) is 0 Å². The minimum Gasteiger partial charge on any atom is -0.444 e. The molecule has 1 aromatic heterocycles. The van der Waals surface area contributed by atoms with Crippen molar-refractivity contribution in [2.45, 2.75) is 58.6 Å².